The van der Waals surface area contributed by atoms with E-state index < -0.39 is 0 Å². The summed E-state index contributed by atoms with van der Waals surface area (Å²) in [5.41, 5.74) is 10.1. The van der Waals surface area contributed by atoms with E-state index in [4.69, 9.17) is 4.74 Å². The molecule has 0 saturated carbocycles. The highest BCUT2D eigenvalue weighted by Crippen LogP contribution is 2.51. The Morgan fingerprint density at radius 3 is 1.54 bits per heavy atom. The molecule has 52 heavy (non-hydrogen) atoms. The number of fused-ring (bicyclic) bond motifs is 7. The van der Waals surface area contributed by atoms with Gasteiger partial charge in [0, 0.05) is 21.9 Å². The Labute approximate surface area is 306 Å². The van der Waals surface area contributed by atoms with Gasteiger partial charge in [-0.2, -0.15) is 0 Å². The highest BCUT2D eigenvalue weighted by molar-refractivity contribution is 7.13. The lowest BCUT2D eigenvalue weighted by atomic mass is 9.82. The Kier molecular flexibility index (Phi) is 6.62. The lowest BCUT2D eigenvalue weighted by Gasteiger charge is -2.21. The molecule has 244 valence electrons. The molecule has 11 rings (SSSR count). The van der Waals surface area contributed by atoms with Crippen LogP contribution in [0.25, 0.3) is 81.4 Å². The molecule has 1 atom stereocenters. The molecule has 1 aliphatic carbocycles. The molecule has 0 bridgehead atoms. The third-order valence-electron chi connectivity index (χ3n) is 11.1. The van der Waals surface area contributed by atoms with Gasteiger partial charge in [-0.1, -0.05) is 146 Å². The van der Waals surface area contributed by atoms with Crippen LogP contribution in [0.15, 0.2) is 181 Å². The van der Waals surface area contributed by atoms with Crippen molar-refractivity contribution in [1.82, 2.24) is 0 Å². The zero-order valence-electron chi connectivity index (χ0n) is 28.3. The van der Waals surface area contributed by atoms with Crippen molar-refractivity contribution >= 4 is 60.0 Å². The zero-order chi connectivity index (χ0) is 34.2. The van der Waals surface area contributed by atoms with Gasteiger partial charge in [0.1, 0.15) is 11.5 Å². The maximum Gasteiger partial charge on any atom is 0.130 e. The summed E-state index contributed by atoms with van der Waals surface area (Å²) in [6.45, 7) is 0. The molecule has 1 nitrogen and oxygen atoms in total. The molecule has 2 heterocycles. The summed E-state index contributed by atoms with van der Waals surface area (Å²) in [5, 5.41) is 12.4. The molecule has 0 spiro atoms. The Bertz CT molecular complexity index is 2830. The van der Waals surface area contributed by atoms with E-state index in [2.05, 4.69) is 175 Å². The first-order chi connectivity index (χ1) is 25.8. The van der Waals surface area contributed by atoms with Gasteiger partial charge in [0.05, 0.1) is 0 Å². The molecule has 0 saturated heterocycles. The number of thiophene rings is 1. The lowest BCUT2D eigenvalue weighted by Crippen LogP contribution is -2.04. The molecular weight excluding hydrogens is 649 g/mol. The van der Waals surface area contributed by atoms with E-state index in [1.807, 2.05) is 0 Å². The quantitative estimate of drug-likeness (QED) is 0.168. The molecular formula is C50H32OS. The maximum absolute atomic E-state index is 6.74. The number of ether oxygens (including phenoxy) is 1. The molecule has 0 fully saturated rings. The molecule has 1 aromatic heterocycles. The van der Waals surface area contributed by atoms with E-state index >= 15 is 0 Å². The summed E-state index contributed by atoms with van der Waals surface area (Å²) < 4.78 is 6.74. The van der Waals surface area contributed by atoms with E-state index in [0.29, 0.717) is 0 Å². The van der Waals surface area contributed by atoms with Crippen LogP contribution in [-0.2, 0) is 0 Å². The zero-order valence-corrected chi connectivity index (χ0v) is 29.2. The molecule has 9 aromatic rings. The lowest BCUT2D eigenvalue weighted by molar-refractivity contribution is 0.426. The number of hydrogen-bond donors (Lipinski definition) is 0. The van der Waals surface area contributed by atoms with Gasteiger partial charge >= 0.3 is 0 Å². The van der Waals surface area contributed by atoms with Gasteiger partial charge in [-0.3, -0.25) is 0 Å². The molecule has 2 heteroatoms. The Morgan fingerprint density at radius 2 is 0.981 bits per heavy atom. The Balaban J connectivity index is 1.05. The second-order valence-corrected chi connectivity index (χ2v) is 14.8. The fourth-order valence-electron chi connectivity index (χ4n) is 8.91. The van der Waals surface area contributed by atoms with Gasteiger partial charge in [0.25, 0.3) is 0 Å². The third kappa shape index (κ3) is 4.41. The maximum atomic E-state index is 6.74. The standard InChI is InChI=1S/C50H32OS/c1-2-13-31(14-3-1)47-35-15-4-6-17-37(35)49(38-18-7-5-16-36(38)47)33-24-26-34-43-29-32(25-27-44(43)51-45(34)30-33)48-39-19-8-10-21-41(39)50(46-23-12-28-52-46)42-22-11-9-20-40(42)48/h1-25,27-30,34H,26H2. The summed E-state index contributed by atoms with van der Waals surface area (Å²) in [7, 11) is 0. The Morgan fingerprint density at radius 1 is 0.462 bits per heavy atom. The van der Waals surface area contributed by atoms with E-state index in [1.165, 1.54) is 92.5 Å². The predicted octanol–water partition coefficient (Wildman–Crippen LogP) is 14.2. The van der Waals surface area contributed by atoms with Crippen molar-refractivity contribution in [3.05, 3.63) is 192 Å². The smallest absolute Gasteiger partial charge is 0.130 e. The average Bonchev–Trinajstić information content (AvgIpc) is 3.87. The van der Waals surface area contributed by atoms with Crippen molar-refractivity contribution in [2.75, 3.05) is 0 Å². The number of allylic oxidation sites excluding steroid dienone is 4. The van der Waals surface area contributed by atoms with Crippen LogP contribution < -0.4 is 4.74 Å². The van der Waals surface area contributed by atoms with Crippen LogP contribution in [0.1, 0.15) is 23.5 Å². The number of benzene rings is 8. The van der Waals surface area contributed by atoms with Crippen LogP contribution >= 0.6 is 11.3 Å². The van der Waals surface area contributed by atoms with Crippen LogP contribution in [0.4, 0.5) is 0 Å². The van der Waals surface area contributed by atoms with Gasteiger partial charge in [-0.15, -0.1) is 11.3 Å². The molecule has 0 N–H and O–H groups in total. The van der Waals surface area contributed by atoms with Crippen LogP contribution in [0.5, 0.6) is 5.75 Å². The summed E-state index contributed by atoms with van der Waals surface area (Å²) in [6.07, 6.45) is 5.64. The van der Waals surface area contributed by atoms with E-state index in [-0.39, 0.29) is 5.92 Å². The van der Waals surface area contributed by atoms with Crippen molar-refractivity contribution in [3.8, 4) is 38.4 Å². The molecule has 8 aromatic carbocycles. The van der Waals surface area contributed by atoms with Crippen molar-refractivity contribution in [2.45, 2.75) is 12.3 Å². The van der Waals surface area contributed by atoms with Gasteiger partial charge in [0.2, 0.25) is 0 Å². The topological polar surface area (TPSA) is 9.23 Å². The minimum atomic E-state index is 0.183. The van der Waals surface area contributed by atoms with Crippen molar-refractivity contribution in [3.63, 3.8) is 0 Å². The second-order valence-electron chi connectivity index (χ2n) is 13.9. The summed E-state index contributed by atoms with van der Waals surface area (Å²) in [4.78, 5) is 1.30. The first kappa shape index (κ1) is 29.5. The second kappa shape index (κ2) is 11.7. The monoisotopic (exact) mass is 680 g/mol. The highest BCUT2D eigenvalue weighted by Gasteiger charge is 2.33. The highest BCUT2D eigenvalue weighted by atomic mass is 32.1. The summed E-state index contributed by atoms with van der Waals surface area (Å²) in [5.74, 6) is 2.18. The minimum absolute atomic E-state index is 0.183. The van der Waals surface area contributed by atoms with Crippen LogP contribution in [-0.4, -0.2) is 0 Å². The molecule has 1 aliphatic heterocycles. The van der Waals surface area contributed by atoms with Crippen molar-refractivity contribution in [2.24, 2.45) is 0 Å². The fourth-order valence-corrected chi connectivity index (χ4v) is 9.70. The molecule has 2 aliphatic rings. The van der Waals surface area contributed by atoms with Gasteiger partial charge in [-0.25, -0.2) is 0 Å². The van der Waals surface area contributed by atoms with Gasteiger partial charge in [0.15, 0.2) is 0 Å². The van der Waals surface area contributed by atoms with Crippen LogP contribution in [0, 0.1) is 0 Å². The average molecular weight is 681 g/mol. The molecule has 0 radical (unpaired) electrons. The van der Waals surface area contributed by atoms with Crippen LogP contribution in [0.2, 0.25) is 0 Å². The van der Waals surface area contributed by atoms with E-state index in [0.717, 1.165) is 17.9 Å². The van der Waals surface area contributed by atoms with Gasteiger partial charge < -0.3 is 4.74 Å². The fraction of sp³-hybridized carbons (Fsp3) is 0.0400. The summed E-state index contributed by atoms with van der Waals surface area (Å²) >= 11 is 1.81. The Hall–Kier alpha value is -6.22. The van der Waals surface area contributed by atoms with Crippen LogP contribution in [0.3, 0.4) is 0 Å². The van der Waals surface area contributed by atoms with E-state index in [1.54, 1.807) is 11.3 Å². The third-order valence-corrected chi connectivity index (χ3v) is 12.0. The number of hydrogen-bond acceptors (Lipinski definition) is 2. The summed E-state index contributed by atoms with van der Waals surface area (Å²) in [6, 6.07) is 57.6. The molecule has 0 amide bonds. The first-order valence-electron chi connectivity index (χ1n) is 18.0. The van der Waals surface area contributed by atoms with E-state index in [9.17, 15) is 0 Å². The van der Waals surface area contributed by atoms with Crippen molar-refractivity contribution in [1.29, 1.82) is 0 Å². The number of rotatable bonds is 4. The largest absolute Gasteiger partial charge is 0.461 e. The minimum Gasteiger partial charge on any atom is -0.461 e. The normalized spacial score (nSPS) is 15.0. The predicted molar refractivity (Wildman–Crippen MR) is 221 cm³/mol. The SMILES string of the molecule is C1=C(c2c3ccccc3c(-c3ccccc3)c3ccccc23)C=C2Oc3ccc(-c4c5ccccc5c(-c5cccs5)c5ccccc45)cc3C2C1. The van der Waals surface area contributed by atoms with Crippen molar-refractivity contribution < 1.29 is 4.74 Å². The molecule has 1 unspecified atom stereocenters. The van der Waals surface area contributed by atoms with Gasteiger partial charge in [-0.05, 0) is 113 Å². The first-order valence-corrected chi connectivity index (χ1v) is 18.9.